The molecule has 2 aromatic rings. The van der Waals surface area contributed by atoms with Gasteiger partial charge < -0.3 is 15.1 Å². The van der Waals surface area contributed by atoms with Gasteiger partial charge in [0.15, 0.2) is 17.3 Å². The van der Waals surface area contributed by atoms with Gasteiger partial charge in [0.05, 0.1) is 5.92 Å². The molecule has 0 saturated carbocycles. The Labute approximate surface area is 134 Å². The minimum atomic E-state index is -0.368. The molecule has 23 heavy (non-hydrogen) atoms. The van der Waals surface area contributed by atoms with Gasteiger partial charge in [0.1, 0.15) is 0 Å². The van der Waals surface area contributed by atoms with Crippen molar-refractivity contribution in [3.05, 3.63) is 41.9 Å². The summed E-state index contributed by atoms with van der Waals surface area (Å²) in [5.74, 6) is 0.0367. The summed E-state index contributed by atoms with van der Waals surface area (Å²) in [5, 5.41) is 0. The molecule has 1 saturated heterocycles. The second-order valence-electron chi connectivity index (χ2n) is 5.97. The number of carbonyl (C=O) groups is 2. The Morgan fingerprint density at radius 3 is 2.57 bits per heavy atom. The Morgan fingerprint density at radius 2 is 1.96 bits per heavy atom. The molecule has 3 rings (SSSR count). The Morgan fingerprint density at radius 1 is 1.26 bits per heavy atom. The first-order chi connectivity index (χ1) is 11.0. The first kappa shape index (κ1) is 15.3. The molecule has 2 amide bonds. The highest BCUT2D eigenvalue weighted by Gasteiger charge is 2.37. The maximum absolute atomic E-state index is 12.8. The molecular formula is C17H19N3O3. The summed E-state index contributed by atoms with van der Waals surface area (Å²) < 4.78 is 5.63. The Balaban J connectivity index is 1.91. The number of benzene rings is 1. The predicted octanol–water partition coefficient (Wildman–Crippen LogP) is 1.84. The van der Waals surface area contributed by atoms with E-state index in [9.17, 15) is 9.59 Å². The first-order valence-corrected chi connectivity index (χ1v) is 7.58. The summed E-state index contributed by atoms with van der Waals surface area (Å²) in [5.41, 5.74) is 6.49. The molecule has 1 aliphatic rings. The van der Waals surface area contributed by atoms with Gasteiger partial charge in [-0.05, 0) is 5.92 Å². The molecule has 1 aromatic carbocycles. The van der Waals surface area contributed by atoms with Gasteiger partial charge in [0.2, 0.25) is 5.91 Å². The van der Waals surface area contributed by atoms with Crippen molar-refractivity contribution in [2.45, 2.75) is 13.8 Å². The molecular weight excluding hydrogens is 294 g/mol. The summed E-state index contributed by atoms with van der Waals surface area (Å²) in [4.78, 5) is 30.2. The lowest BCUT2D eigenvalue weighted by atomic mass is 9.98. The highest BCUT2D eigenvalue weighted by molar-refractivity contribution is 5.98. The number of likely N-dealkylation sites (tertiary alicyclic amines) is 1. The van der Waals surface area contributed by atoms with E-state index >= 15 is 0 Å². The van der Waals surface area contributed by atoms with Crippen LogP contribution in [0.15, 0.2) is 34.7 Å². The number of hydrogen-bond donors (Lipinski definition) is 1. The number of primary amides is 1. The van der Waals surface area contributed by atoms with Crippen LogP contribution in [0.25, 0.3) is 11.3 Å². The van der Waals surface area contributed by atoms with E-state index in [0.29, 0.717) is 24.7 Å². The van der Waals surface area contributed by atoms with Crippen LogP contribution in [-0.4, -0.2) is 34.8 Å². The third-order valence-electron chi connectivity index (χ3n) is 4.24. The highest BCUT2D eigenvalue weighted by Crippen LogP contribution is 2.29. The van der Waals surface area contributed by atoms with E-state index in [4.69, 9.17) is 10.2 Å². The number of rotatable bonds is 3. The van der Waals surface area contributed by atoms with Gasteiger partial charge in [-0.2, -0.15) is 0 Å². The van der Waals surface area contributed by atoms with Crippen molar-refractivity contribution in [2.75, 3.05) is 13.1 Å². The number of aromatic nitrogens is 1. The first-order valence-electron chi connectivity index (χ1n) is 7.58. The molecule has 120 valence electrons. The Bertz CT molecular complexity index is 739. The van der Waals surface area contributed by atoms with Crippen molar-refractivity contribution in [1.29, 1.82) is 0 Å². The molecule has 6 heteroatoms. The van der Waals surface area contributed by atoms with E-state index in [0.717, 1.165) is 5.56 Å². The van der Waals surface area contributed by atoms with Gasteiger partial charge in [-0.25, -0.2) is 4.98 Å². The van der Waals surface area contributed by atoms with Crippen molar-refractivity contribution in [1.82, 2.24) is 9.88 Å². The second kappa shape index (κ2) is 5.87. The number of nitrogens with two attached hydrogens (primary N) is 1. The lowest BCUT2D eigenvalue weighted by molar-refractivity contribution is -0.122. The summed E-state index contributed by atoms with van der Waals surface area (Å²) >= 11 is 0. The molecule has 0 radical (unpaired) electrons. The predicted molar refractivity (Wildman–Crippen MR) is 84.4 cm³/mol. The van der Waals surface area contributed by atoms with Crippen LogP contribution in [-0.2, 0) is 4.79 Å². The minimum absolute atomic E-state index is 0.0459. The fraction of sp³-hybridized carbons (Fsp3) is 0.353. The molecule has 0 spiro atoms. The zero-order valence-corrected chi connectivity index (χ0v) is 13.2. The number of carbonyl (C=O) groups excluding carboxylic acids is 2. The quantitative estimate of drug-likeness (QED) is 0.936. The van der Waals surface area contributed by atoms with E-state index < -0.39 is 0 Å². The van der Waals surface area contributed by atoms with Gasteiger partial charge in [-0.3, -0.25) is 9.59 Å². The number of oxazole rings is 1. The minimum Gasteiger partial charge on any atom is -0.440 e. The summed E-state index contributed by atoms with van der Waals surface area (Å²) in [7, 11) is 0. The fourth-order valence-electron chi connectivity index (χ4n) is 3.01. The van der Waals surface area contributed by atoms with Gasteiger partial charge >= 0.3 is 0 Å². The molecule has 2 N–H and O–H groups in total. The molecule has 0 aliphatic carbocycles. The highest BCUT2D eigenvalue weighted by atomic mass is 16.4. The third kappa shape index (κ3) is 2.84. The summed E-state index contributed by atoms with van der Waals surface area (Å²) in [6, 6.07) is 9.39. The number of nitrogens with zero attached hydrogens (tertiary/aromatic N) is 2. The number of aryl methyl sites for hydroxylation is 1. The lowest BCUT2D eigenvalue weighted by Crippen LogP contribution is -2.32. The van der Waals surface area contributed by atoms with Gasteiger partial charge in [0.25, 0.3) is 5.91 Å². The standard InChI is InChI=1S/C17H19N3O3/c1-10-8-20(9-13(10)16(18)21)17(22)14-15(23-11(2)19-14)12-6-4-3-5-7-12/h3-7,10,13H,8-9H2,1-2H3,(H2,18,21)/t10-,13-/m1/s1. The van der Waals surface area contributed by atoms with Crippen molar-refractivity contribution in [3.8, 4) is 11.3 Å². The van der Waals surface area contributed by atoms with Crippen LogP contribution >= 0.6 is 0 Å². The van der Waals surface area contributed by atoms with Crippen molar-refractivity contribution < 1.29 is 14.0 Å². The van der Waals surface area contributed by atoms with Crippen LogP contribution in [0, 0.1) is 18.8 Å². The molecule has 2 atom stereocenters. The fourth-order valence-corrected chi connectivity index (χ4v) is 3.01. The topological polar surface area (TPSA) is 89.4 Å². The normalized spacial score (nSPS) is 20.7. The monoisotopic (exact) mass is 313 g/mol. The molecule has 1 fully saturated rings. The van der Waals surface area contributed by atoms with Crippen LogP contribution < -0.4 is 5.73 Å². The van der Waals surface area contributed by atoms with Crippen molar-refractivity contribution in [3.63, 3.8) is 0 Å². The van der Waals surface area contributed by atoms with E-state index in [1.165, 1.54) is 0 Å². The molecule has 0 unspecified atom stereocenters. The molecule has 2 heterocycles. The van der Waals surface area contributed by atoms with E-state index in [2.05, 4.69) is 4.98 Å². The maximum atomic E-state index is 12.8. The average Bonchev–Trinajstić information content (AvgIpc) is 3.11. The molecule has 6 nitrogen and oxygen atoms in total. The molecule has 1 aliphatic heterocycles. The maximum Gasteiger partial charge on any atom is 0.276 e. The van der Waals surface area contributed by atoms with Gasteiger partial charge in [-0.1, -0.05) is 37.3 Å². The zero-order chi connectivity index (χ0) is 16.6. The zero-order valence-electron chi connectivity index (χ0n) is 13.2. The molecule has 0 bridgehead atoms. The Hall–Kier alpha value is -2.63. The number of hydrogen-bond acceptors (Lipinski definition) is 4. The van der Waals surface area contributed by atoms with Crippen LogP contribution in [0.2, 0.25) is 0 Å². The smallest absolute Gasteiger partial charge is 0.276 e. The van der Waals surface area contributed by atoms with Crippen molar-refractivity contribution >= 4 is 11.8 Å². The van der Waals surface area contributed by atoms with E-state index in [-0.39, 0.29) is 29.3 Å². The largest absolute Gasteiger partial charge is 0.440 e. The Kier molecular flexibility index (Phi) is 3.90. The van der Waals surface area contributed by atoms with Crippen LogP contribution in [0.3, 0.4) is 0 Å². The van der Waals surface area contributed by atoms with Crippen LogP contribution in [0.1, 0.15) is 23.3 Å². The number of amides is 2. The molecule has 1 aromatic heterocycles. The van der Waals surface area contributed by atoms with Gasteiger partial charge in [0, 0.05) is 25.6 Å². The summed E-state index contributed by atoms with van der Waals surface area (Å²) in [6.07, 6.45) is 0. The van der Waals surface area contributed by atoms with Crippen LogP contribution in [0.4, 0.5) is 0 Å². The summed E-state index contributed by atoms with van der Waals surface area (Å²) in [6.45, 7) is 4.46. The van der Waals surface area contributed by atoms with Crippen molar-refractivity contribution in [2.24, 2.45) is 17.6 Å². The SMILES string of the molecule is Cc1nc(C(=O)N2C[C@@H](C)[C@H](C(N)=O)C2)c(-c2ccccc2)o1. The average molecular weight is 313 g/mol. The third-order valence-corrected chi connectivity index (χ3v) is 4.24. The van der Waals surface area contributed by atoms with Gasteiger partial charge in [-0.15, -0.1) is 0 Å². The lowest BCUT2D eigenvalue weighted by Gasteiger charge is -2.14. The second-order valence-corrected chi connectivity index (χ2v) is 5.97. The van der Waals surface area contributed by atoms with E-state index in [1.54, 1.807) is 11.8 Å². The van der Waals surface area contributed by atoms with E-state index in [1.807, 2.05) is 37.3 Å². The van der Waals surface area contributed by atoms with Crippen LogP contribution in [0.5, 0.6) is 0 Å².